The number of carbonyl (C=O) groups is 1. The first-order valence-corrected chi connectivity index (χ1v) is 4.74. The third kappa shape index (κ3) is 2.57. The molecular weight excluding hydrogens is 178 g/mol. The van der Waals surface area contributed by atoms with Crippen molar-refractivity contribution in [3.05, 3.63) is 35.4 Å². The Morgan fingerprint density at radius 3 is 2.86 bits per heavy atom. The maximum atomic E-state index is 10.7. The zero-order valence-electron chi connectivity index (χ0n) is 8.23. The zero-order chi connectivity index (χ0) is 10.6. The highest BCUT2D eigenvalue weighted by Crippen LogP contribution is 2.16. The number of rotatable bonds is 4. The lowest BCUT2D eigenvalue weighted by Gasteiger charge is -2.10. The third-order valence-corrected chi connectivity index (χ3v) is 2.16. The van der Waals surface area contributed by atoms with E-state index in [1.807, 2.05) is 6.07 Å². The minimum absolute atomic E-state index is 0.0562. The monoisotopic (exact) mass is 193 g/mol. The van der Waals surface area contributed by atoms with Gasteiger partial charge in [0.15, 0.2) is 0 Å². The molecule has 0 saturated carbocycles. The van der Waals surface area contributed by atoms with E-state index in [1.54, 1.807) is 18.2 Å². The van der Waals surface area contributed by atoms with Crippen molar-refractivity contribution < 1.29 is 9.90 Å². The summed E-state index contributed by atoms with van der Waals surface area (Å²) in [6, 6.07) is 6.76. The summed E-state index contributed by atoms with van der Waals surface area (Å²) in [4.78, 5) is 10.7. The summed E-state index contributed by atoms with van der Waals surface area (Å²) in [6.45, 7) is 2.06. The quantitative estimate of drug-likeness (QED) is 0.770. The second kappa shape index (κ2) is 4.77. The molecule has 3 N–H and O–H groups in total. The van der Waals surface area contributed by atoms with Crippen LogP contribution in [0.5, 0.6) is 0 Å². The van der Waals surface area contributed by atoms with E-state index in [-0.39, 0.29) is 6.04 Å². The van der Waals surface area contributed by atoms with E-state index in [9.17, 15) is 4.79 Å². The molecule has 0 fully saturated rings. The average molecular weight is 193 g/mol. The van der Waals surface area contributed by atoms with Crippen LogP contribution in [0.3, 0.4) is 0 Å². The van der Waals surface area contributed by atoms with Gasteiger partial charge in [0.1, 0.15) is 0 Å². The molecule has 0 aliphatic rings. The van der Waals surface area contributed by atoms with Gasteiger partial charge in [-0.05, 0) is 24.1 Å². The lowest BCUT2D eigenvalue weighted by atomic mass is 10.0. The van der Waals surface area contributed by atoms with Crippen molar-refractivity contribution in [1.29, 1.82) is 0 Å². The Morgan fingerprint density at radius 1 is 1.57 bits per heavy atom. The van der Waals surface area contributed by atoms with Gasteiger partial charge in [-0.15, -0.1) is 0 Å². The predicted octanol–water partition coefficient (Wildman–Crippen LogP) is 2.18. The van der Waals surface area contributed by atoms with Crippen molar-refractivity contribution in [3.63, 3.8) is 0 Å². The van der Waals surface area contributed by atoms with Crippen molar-refractivity contribution in [1.82, 2.24) is 0 Å². The molecule has 0 aliphatic carbocycles. The summed E-state index contributed by atoms with van der Waals surface area (Å²) in [5.74, 6) is -0.907. The van der Waals surface area contributed by atoms with E-state index in [0.717, 1.165) is 18.4 Å². The first-order chi connectivity index (χ1) is 6.65. The third-order valence-electron chi connectivity index (χ3n) is 2.16. The van der Waals surface area contributed by atoms with Crippen LogP contribution >= 0.6 is 0 Å². The Labute approximate surface area is 83.6 Å². The van der Waals surface area contributed by atoms with Crippen LogP contribution < -0.4 is 5.73 Å². The van der Waals surface area contributed by atoms with Crippen molar-refractivity contribution in [2.75, 3.05) is 0 Å². The van der Waals surface area contributed by atoms with Crippen molar-refractivity contribution in [2.24, 2.45) is 5.73 Å². The number of nitrogens with two attached hydrogens (primary N) is 1. The van der Waals surface area contributed by atoms with Gasteiger partial charge in [-0.25, -0.2) is 4.79 Å². The van der Waals surface area contributed by atoms with Gasteiger partial charge >= 0.3 is 5.97 Å². The maximum Gasteiger partial charge on any atom is 0.335 e. The van der Waals surface area contributed by atoms with Crippen molar-refractivity contribution >= 4 is 5.97 Å². The molecule has 3 nitrogen and oxygen atoms in total. The lowest BCUT2D eigenvalue weighted by molar-refractivity contribution is 0.0696. The minimum atomic E-state index is -0.907. The molecule has 76 valence electrons. The van der Waals surface area contributed by atoms with E-state index >= 15 is 0 Å². The smallest absolute Gasteiger partial charge is 0.335 e. The molecule has 1 aromatic carbocycles. The molecular formula is C11H15NO2. The Kier molecular flexibility index (Phi) is 3.65. The second-order valence-electron chi connectivity index (χ2n) is 3.33. The highest BCUT2D eigenvalue weighted by molar-refractivity contribution is 5.87. The summed E-state index contributed by atoms with van der Waals surface area (Å²) in [7, 11) is 0. The normalized spacial score (nSPS) is 12.4. The van der Waals surface area contributed by atoms with Crippen LogP contribution in [-0.4, -0.2) is 11.1 Å². The highest BCUT2D eigenvalue weighted by atomic mass is 16.4. The van der Waals surface area contributed by atoms with Gasteiger partial charge in [-0.1, -0.05) is 25.5 Å². The predicted molar refractivity (Wildman–Crippen MR) is 55.2 cm³/mol. The van der Waals surface area contributed by atoms with E-state index in [2.05, 4.69) is 6.92 Å². The van der Waals surface area contributed by atoms with Crippen LogP contribution in [0.2, 0.25) is 0 Å². The number of hydrogen-bond donors (Lipinski definition) is 2. The number of benzene rings is 1. The van der Waals surface area contributed by atoms with Crippen molar-refractivity contribution in [3.8, 4) is 0 Å². The highest BCUT2D eigenvalue weighted by Gasteiger charge is 2.08. The molecule has 0 saturated heterocycles. The molecule has 0 spiro atoms. The SMILES string of the molecule is CCCC(N)c1cccc(C(=O)O)c1. The van der Waals surface area contributed by atoms with E-state index in [1.165, 1.54) is 0 Å². The molecule has 3 heteroatoms. The summed E-state index contributed by atoms with van der Waals surface area (Å²) in [6.07, 6.45) is 1.88. The van der Waals surface area contributed by atoms with Gasteiger partial charge < -0.3 is 10.8 Å². The number of aromatic carboxylic acids is 1. The Hall–Kier alpha value is -1.35. The standard InChI is InChI=1S/C11H15NO2/c1-2-4-10(12)8-5-3-6-9(7-8)11(13)14/h3,5-7,10H,2,4,12H2,1H3,(H,13,14). The van der Waals surface area contributed by atoms with Gasteiger partial charge in [0.25, 0.3) is 0 Å². The average Bonchev–Trinajstić information content (AvgIpc) is 2.18. The molecule has 1 rings (SSSR count). The van der Waals surface area contributed by atoms with Gasteiger partial charge in [0.05, 0.1) is 5.56 Å². The number of carboxylic acid groups (broad SMARTS) is 1. The Balaban J connectivity index is 2.87. The molecule has 1 atom stereocenters. The summed E-state index contributed by atoms with van der Waals surface area (Å²) >= 11 is 0. The molecule has 0 aromatic heterocycles. The fourth-order valence-electron chi connectivity index (χ4n) is 1.38. The fraction of sp³-hybridized carbons (Fsp3) is 0.364. The Morgan fingerprint density at radius 2 is 2.29 bits per heavy atom. The number of carboxylic acids is 1. The molecule has 0 amide bonds. The van der Waals surface area contributed by atoms with Crippen LogP contribution in [0.1, 0.15) is 41.7 Å². The van der Waals surface area contributed by atoms with Crippen LogP contribution in [0.4, 0.5) is 0 Å². The maximum absolute atomic E-state index is 10.7. The zero-order valence-corrected chi connectivity index (χ0v) is 8.23. The first kappa shape index (κ1) is 10.7. The minimum Gasteiger partial charge on any atom is -0.478 e. The fourth-order valence-corrected chi connectivity index (χ4v) is 1.38. The first-order valence-electron chi connectivity index (χ1n) is 4.74. The van der Waals surface area contributed by atoms with E-state index in [0.29, 0.717) is 5.56 Å². The van der Waals surface area contributed by atoms with E-state index in [4.69, 9.17) is 10.8 Å². The van der Waals surface area contributed by atoms with E-state index < -0.39 is 5.97 Å². The van der Waals surface area contributed by atoms with Gasteiger partial charge in [0.2, 0.25) is 0 Å². The molecule has 0 radical (unpaired) electrons. The van der Waals surface area contributed by atoms with Crippen LogP contribution in [0, 0.1) is 0 Å². The van der Waals surface area contributed by atoms with Crippen molar-refractivity contribution in [2.45, 2.75) is 25.8 Å². The summed E-state index contributed by atoms with van der Waals surface area (Å²) in [5.41, 5.74) is 7.08. The molecule has 1 aromatic rings. The summed E-state index contributed by atoms with van der Waals surface area (Å²) < 4.78 is 0. The summed E-state index contributed by atoms with van der Waals surface area (Å²) in [5, 5.41) is 8.78. The molecule has 0 bridgehead atoms. The van der Waals surface area contributed by atoms with Gasteiger partial charge in [0, 0.05) is 6.04 Å². The molecule has 0 heterocycles. The van der Waals surface area contributed by atoms with Crippen LogP contribution in [0.15, 0.2) is 24.3 Å². The molecule has 14 heavy (non-hydrogen) atoms. The topological polar surface area (TPSA) is 63.3 Å². The Bertz CT molecular complexity index is 323. The van der Waals surface area contributed by atoms with Gasteiger partial charge in [-0.3, -0.25) is 0 Å². The van der Waals surface area contributed by atoms with Crippen LogP contribution in [0.25, 0.3) is 0 Å². The molecule has 0 aliphatic heterocycles. The van der Waals surface area contributed by atoms with Crippen LogP contribution in [-0.2, 0) is 0 Å². The lowest BCUT2D eigenvalue weighted by Crippen LogP contribution is -2.10. The largest absolute Gasteiger partial charge is 0.478 e. The van der Waals surface area contributed by atoms with Gasteiger partial charge in [-0.2, -0.15) is 0 Å². The second-order valence-corrected chi connectivity index (χ2v) is 3.33. The number of hydrogen-bond acceptors (Lipinski definition) is 2. The molecule has 1 unspecified atom stereocenters.